The maximum Gasteiger partial charge on any atom is 0.289 e. The summed E-state index contributed by atoms with van der Waals surface area (Å²) in [6, 6.07) is 9.17. The van der Waals surface area contributed by atoms with Crippen LogP contribution in [0.2, 0.25) is 0 Å². The van der Waals surface area contributed by atoms with Crippen LogP contribution in [-0.4, -0.2) is 76.3 Å². The highest BCUT2D eigenvalue weighted by Gasteiger charge is 2.33. The van der Waals surface area contributed by atoms with E-state index in [1.807, 2.05) is 41.6 Å². The molecule has 1 atom stereocenters. The summed E-state index contributed by atoms with van der Waals surface area (Å²) in [5, 5.41) is 12.5. The Morgan fingerprint density at radius 3 is 2.44 bits per heavy atom. The van der Waals surface area contributed by atoms with Crippen LogP contribution in [0, 0.1) is 0 Å². The number of furan rings is 1. The summed E-state index contributed by atoms with van der Waals surface area (Å²) in [5.74, 6) is 2.32. The van der Waals surface area contributed by atoms with Gasteiger partial charge in [0.05, 0.1) is 32.6 Å². The number of nitrogens with zero attached hydrogens (tertiary/aromatic N) is 6. The fourth-order valence-corrected chi connectivity index (χ4v) is 4.03. The molecule has 2 aromatic heterocycles. The van der Waals surface area contributed by atoms with Gasteiger partial charge in [-0.1, -0.05) is 6.07 Å². The quantitative estimate of drug-likeness (QED) is 0.552. The average molecular weight is 441 g/mol. The van der Waals surface area contributed by atoms with E-state index in [1.54, 1.807) is 26.4 Å². The van der Waals surface area contributed by atoms with E-state index in [0.717, 1.165) is 11.4 Å². The lowest BCUT2D eigenvalue weighted by Gasteiger charge is -2.38. The molecule has 0 N–H and O–H groups in total. The van der Waals surface area contributed by atoms with Crippen LogP contribution in [0.25, 0.3) is 0 Å². The largest absolute Gasteiger partial charge is 0.493 e. The van der Waals surface area contributed by atoms with Crippen molar-refractivity contribution in [2.24, 2.45) is 0 Å². The van der Waals surface area contributed by atoms with Crippen LogP contribution < -0.4 is 9.47 Å². The molecule has 1 aromatic carbocycles. The van der Waals surface area contributed by atoms with Gasteiger partial charge >= 0.3 is 0 Å². The lowest BCUT2D eigenvalue weighted by atomic mass is 10.0. The van der Waals surface area contributed by atoms with Crippen molar-refractivity contribution in [3.8, 4) is 11.5 Å². The molecule has 1 aliphatic rings. The molecule has 3 aromatic rings. The maximum absolute atomic E-state index is 12.7. The van der Waals surface area contributed by atoms with Crippen molar-refractivity contribution in [1.82, 2.24) is 30.0 Å². The van der Waals surface area contributed by atoms with Gasteiger partial charge in [-0.2, -0.15) is 0 Å². The summed E-state index contributed by atoms with van der Waals surface area (Å²) >= 11 is 0. The second kappa shape index (κ2) is 9.39. The molecule has 1 aliphatic heterocycles. The first-order valence-electron chi connectivity index (χ1n) is 10.6. The van der Waals surface area contributed by atoms with Gasteiger partial charge in [0.25, 0.3) is 5.91 Å². The molecule has 0 bridgehead atoms. The van der Waals surface area contributed by atoms with Crippen LogP contribution in [-0.2, 0) is 0 Å². The molecule has 0 spiro atoms. The highest BCUT2D eigenvalue weighted by Crippen LogP contribution is 2.35. The summed E-state index contributed by atoms with van der Waals surface area (Å²) in [6.07, 6.45) is 1.52. The molecule has 3 heterocycles. The van der Waals surface area contributed by atoms with E-state index in [-0.39, 0.29) is 18.0 Å². The minimum Gasteiger partial charge on any atom is -0.493 e. The molecule has 1 saturated heterocycles. The number of rotatable bonds is 7. The van der Waals surface area contributed by atoms with Crippen LogP contribution in [0.1, 0.15) is 47.9 Å². The number of methoxy groups -OCH3 is 2. The molecule has 0 saturated carbocycles. The van der Waals surface area contributed by atoms with Gasteiger partial charge in [0.15, 0.2) is 23.1 Å². The third-order valence-corrected chi connectivity index (χ3v) is 5.67. The van der Waals surface area contributed by atoms with E-state index in [4.69, 9.17) is 13.9 Å². The molecular weight excluding hydrogens is 412 g/mol. The average Bonchev–Trinajstić information content (AvgIpc) is 3.52. The van der Waals surface area contributed by atoms with E-state index in [2.05, 4.69) is 20.4 Å². The number of piperazine rings is 1. The van der Waals surface area contributed by atoms with Gasteiger partial charge < -0.3 is 18.8 Å². The van der Waals surface area contributed by atoms with Crippen molar-refractivity contribution < 1.29 is 18.7 Å². The van der Waals surface area contributed by atoms with Gasteiger partial charge in [-0.15, -0.1) is 5.10 Å². The molecule has 1 fully saturated rings. The first-order valence-corrected chi connectivity index (χ1v) is 10.6. The summed E-state index contributed by atoms with van der Waals surface area (Å²) < 4.78 is 18.1. The lowest BCUT2D eigenvalue weighted by Crippen LogP contribution is -2.50. The Morgan fingerprint density at radius 1 is 1.06 bits per heavy atom. The SMILES string of the molecule is COc1ccc(C(c2nnnn2C(C)C)N2CCN(C(=O)c3ccco3)CC2)cc1OC. The molecule has 1 unspecified atom stereocenters. The molecule has 10 heteroatoms. The van der Waals surface area contributed by atoms with Crippen molar-refractivity contribution in [3.05, 3.63) is 53.7 Å². The van der Waals surface area contributed by atoms with Crippen molar-refractivity contribution in [2.45, 2.75) is 25.9 Å². The van der Waals surface area contributed by atoms with E-state index in [1.165, 1.54) is 6.26 Å². The first kappa shape index (κ1) is 21.8. The fourth-order valence-electron chi connectivity index (χ4n) is 4.03. The zero-order valence-electron chi connectivity index (χ0n) is 18.8. The second-order valence-corrected chi connectivity index (χ2v) is 7.90. The number of hydrogen-bond donors (Lipinski definition) is 0. The summed E-state index contributed by atoms with van der Waals surface area (Å²) in [5.41, 5.74) is 0.991. The van der Waals surface area contributed by atoms with E-state index >= 15 is 0 Å². The van der Waals surface area contributed by atoms with E-state index in [9.17, 15) is 4.79 Å². The highest BCUT2D eigenvalue weighted by molar-refractivity contribution is 5.91. The number of aromatic nitrogens is 4. The summed E-state index contributed by atoms with van der Waals surface area (Å²) in [4.78, 5) is 16.8. The normalized spacial score (nSPS) is 15.7. The zero-order valence-corrected chi connectivity index (χ0v) is 18.8. The van der Waals surface area contributed by atoms with Crippen LogP contribution in [0.15, 0.2) is 41.0 Å². The Balaban J connectivity index is 1.64. The number of carbonyl (C=O) groups excluding carboxylic acids is 1. The predicted octanol–water partition coefficient (Wildman–Crippen LogP) is 2.41. The smallest absolute Gasteiger partial charge is 0.289 e. The first-order chi connectivity index (χ1) is 15.5. The van der Waals surface area contributed by atoms with Gasteiger partial charge in [0.1, 0.15) is 0 Å². The number of benzene rings is 1. The Labute approximate surface area is 186 Å². The number of carbonyl (C=O) groups is 1. The van der Waals surface area contributed by atoms with Crippen LogP contribution in [0.4, 0.5) is 0 Å². The molecule has 170 valence electrons. The molecule has 1 amide bonds. The minimum absolute atomic E-state index is 0.0932. The zero-order chi connectivity index (χ0) is 22.7. The topological polar surface area (TPSA) is 98.8 Å². The number of ether oxygens (including phenoxy) is 2. The molecule has 4 rings (SSSR count). The van der Waals surface area contributed by atoms with Gasteiger partial charge in [0, 0.05) is 26.2 Å². The van der Waals surface area contributed by atoms with E-state index < -0.39 is 0 Å². The lowest BCUT2D eigenvalue weighted by molar-refractivity contribution is 0.0558. The van der Waals surface area contributed by atoms with Crippen molar-refractivity contribution >= 4 is 5.91 Å². The number of amides is 1. The number of hydrogen-bond acceptors (Lipinski definition) is 8. The standard InChI is InChI=1S/C22H28N6O4/c1-15(2)28-21(23-24-25-28)20(16-7-8-17(30-3)19(14-16)31-4)26-9-11-27(12-10-26)22(29)18-6-5-13-32-18/h5-8,13-15,20H,9-12H2,1-4H3. The van der Waals surface area contributed by atoms with Crippen molar-refractivity contribution in [3.63, 3.8) is 0 Å². The molecule has 0 aliphatic carbocycles. The monoisotopic (exact) mass is 440 g/mol. The molecule has 10 nitrogen and oxygen atoms in total. The van der Waals surface area contributed by atoms with Crippen molar-refractivity contribution in [1.29, 1.82) is 0 Å². The minimum atomic E-state index is -0.201. The molecule has 0 radical (unpaired) electrons. The third kappa shape index (κ3) is 4.18. The Hall–Kier alpha value is -3.40. The van der Waals surface area contributed by atoms with E-state index in [0.29, 0.717) is 43.4 Å². The molecular formula is C22H28N6O4. The van der Waals surface area contributed by atoms with Crippen LogP contribution in [0.3, 0.4) is 0 Å². The van der Waals surface area contributed by atoms with Gasteiger partial charge in [-0.05, 0) is 54.1 Å². The summed E-state index contributed by atoms with van der Waals surface area (Å²) in [7, 11) is 3.23. The Bertz CT molecular complexity index is 1040. The van der Waals surface area contributed by atoms with Crippen LogP contribution >= 0.6 is 0 Å². The molecule has 32 heavy (non-hydrogen) atoms. The Kier molecular flexibility index (Phi) is 6.40. The maximum atomic E-state index is 12.7. The third-order valence-electron chi connectivity index (χ3n) is 5.67. The van der Waals surface area contributed by atoms with Crippen LogP contribution in [0.5, 0.6) is 11.5 Å². The van der Waals surface area contributed by atoms with Crippen molar-refractivity contribution in [2.75, 3.05) is 40.4 Å². The highest BCUT2D eigenvalue weighted by atomic mass is 16.5. The van der Waals surface area contributed by atoms with Gasteiger partial charge in [-0.25, -0.2) is 4.68 Å². The van der Waals surface area contributed by atoms with Gasteiger partial charge in [-0.3, -0.25) is 9.69 Å². The Morgan fingerprint density at radius 2 is 1.81 bits per heavy atom. The fraction of sp³-hybridized carbons (Fsp3) is 0.455. The summed E-state index contributed by atoms with van der Waals surface area (Å²) in [6.45, 7) is 6.57. The second-order valence-electron chi connectivity index (χ2n) is 7.90. The van der Waals surface area contributed by atoms with Gasteiger partial charge in [0.2, 0.25) is 0 Å². The number of tetrazole rings is 1. The predicted molar refractivity (Wildman–Crippen MR) is 116 cm³/mol.